The van der Waals surface area contributed by atoms with Gasteiger partial charge in [-0.25, -0.2) is 15.0 Å². The fourth-order valence-corrected chi connectivity index (χ4v) is 7.38. The summed E-state index contributed by atoms with van der Waals surface area (Å²) >= 11 is 0. The molecule has 3 saturated heterocycles. The SMILES string of the molecule is C=CC(=O)Nc1cc(Nc2cc(N3OCCC3c3ccc4ccccc4c3)ncn2)c(OC)cc1N1CCC(N2CCN(CC)CC2)CC1. The number of piperazine rings is 1. The Balaban J connectivity index is 1.10. The first kappa shape index (κ1) is 32.8. The van der Waals surface area contributed by atoms with E-state index in [1.54, 1.807) is 7.11 Å². The van der Waals surface area contributed by atoms with Crippen LogP contribution in [-0.2, 0) is 9.63 Å². The predicted molar refractivity (Wildman–Crippen MR) is 196 cm³/mol. The van der Waals surface area contributed by atoms with Crippen LogP contribution in [-0.4, -0.2) is 91.2 Å². The Kier molecular flexibility index (Phi) is 9.92. The number of carbonyl (C=O) groups is 1. The second kappa shape index (κ2) is 14.8. The molecule has 256 valence electrons. The Morgan fingerprint density at radius 3 is 2.51 bits per heavy atom. The fourth-order valence-electron chi connectivity index (χ4n) is 7.38. The number of hydrogen-bond donors (Lipinski definition) is 2. The minimum absolute atomic E-state index is 0.0204. The second-order valence-electron chi connectivity index (χ2n) is 12.9. The molecule has 2 N–H and O–H groups in total. The molecule has 11 heteroatoms. The maximum atomic E-state index is 12.6. The maximum Gasteiger partial charge on any atom is 0.247 e. The number of nitrogens with zero attached hydrogens (tertiary/aromatic N) is 6. The number of nitrogens with one attached hydrogen (secondary N) is 2. The molecule has 11 nitrogen and oxygen atoms in total. The number of benzene rings is 3. The lowest BCUT2D eigenvalue weighted by atomic mass is 10.0. The van der Waals surface area contributed by atoms with Gasteiger partial charge in [0.1, 0.15) is 17.9 Å². The minimum Gasteiger partial charge on any atom is -0.494 e. The van der Waals surface area contributed by atoms with Gasteiger partial charge in [0.2, 0.25) is 5.91 Å². The lowest BCUT2D eigenvalue weighted by Gasteiger charge is -2.43. The average Bonchev–Trinajstić information content (AvgIpc) is 3.65. The number of piperidine rings is 1. The number of methoxy groups -OCH3 is 1. The monoisotopic (exact) mass is 662 g/mol. The zero-order valence-electron chi connectivity index (χ0n) is 28.5. The van der Waals surface area contributed by atoms with Gasteiger partial charge in [-0.2, -0.15) is 0 Å². The van der Waals surface area contributed by atoms with Crippen LogP contribution in [0.15, 0.2) is 79.6 Å². The molecule has 0 spiro atoms. The number of anilines is 5. The van der Waals surface area contributed by atoms with Crippen LogP contribution in [0.4, 0.5) is 28.7 Å². The summed E-state index contributed by atoms with van der Waals surface area (Å²) in [7, 11) is 1.66. The van der Waals surface area contributed by atoms with E-state index in [1.165, 1.54) is 28.7 Å². The highest BCUT2D eigenvalue weighted by atomic mass is 16.7. The van der Waals surface area contributed by atoms with Crippen molar-refractivity contribution in [3.63, 3.8) is 0 Å². The van der Waals surface area contributed by atoms with Crippen LogP contribution in [0.2, 0.25) is 0 Å². The number of hydrogen-bond acceptors (Lipinski definition) is 10. The molecular formula is C38H46N8O3. The van der Waals surface area contributed by atoms with E-state index in [-0.39, 0.29) is 11.9 Å². The van der Waals surface area contributed by atoms with Crippen molar-refractivity contribution in [2.45, 2.75) is 38.3 Å². The third-order valence-electron chi connectivity index (χ3n) is 10.1. The lowest BCUT2D eigenvalue weighted by Crippen LogP contribution is -2.53. The van der Waals surface area contributed by atoms with Crippen LogP contribution < -0.4 is 25.3 Å². The van der Waals surface area contributed by atoms with E-state index < -0.39 is 0 Å². The van der Waals surface area contributed by atoms with Gasteiger partial charge in [-0.3, -0.25) is 14.5 Å². The average molecular weight is 663 g/mol. The Bertz CT molecular complexity index is 1780. The van der Waals surface area contributed by atoms with Crippen LogP contribution >= 0.6 is 0 Å². The Morgan fingerprint density at radius 1 is 0.959 bits per heavy atom. The molecule has 1 amide bonds. The van der Waals surface area contributed by atoms with E-state index in [0.29, 0.717) is 41.4 Å². The summed E-state index contributed by atoms with van der Waals surface area (Å²) in [6.07, 6.45) is 5.82. The van der Waals surface area contributed by atoms with E-state index in [1.807, 2.05) is 23.3 Å². The number of carbonyl (C=O) groups excluding carboxylic acids is 1. The van der Waals surface area contributed by atoms with Crippen molar-refractivity contribution in [1.29, 1.82) is 0 Å². The predicted octanol–water partition coefficient (Wildman–Crippen LogP) is 6.00. The molecule has 3 aromatic carbocycles. The fraction of sp³-hybridized carbons (Fsp3) is 0.395. The molecule has 4 aromatic rings. The summed E-state index contributed by atoms with van der Waals surface area (Å²) in [5.41, 5.74) is 3.47. The molecule has 0 saturated carbocycles. The van der Waals surface area contributed by atoms with E-state index in [4.69, 9.17) is 9.57 Å². The Labute approximate surface area is 288 Å². The third kappa shape index (κ3) is 7.19. The highest BCUT2D eigenvalue weighted by molar-refractivity contribution is 6.02. The first-order chi connectivity index (χ1) is 24.0. The number of ether oxygens (including phenoxy) is 1. The Hall–Kier alpha value is -4.71. The molecule has 0 aliphatic carbocycles. The number of fused-ring (bicyclic) bond motifs is 1. The van der Waals surface area contributed by atoms with Crippen LogP contribution in [0.25, 0.3) is 10.8 Å². The first-order valence-corrected chi connectivity index (χ1v) is 17.4. The number of aromatic nitrogens is 2. The van der Waals surface area contributed by atoms with Crippen molar-refractivity contribution in [1.82, 2.24) is 19.8 Å². The van der Waals surface area contributed by atoms with Gasteiger partial charge < -0.3 is 25.2 Å². The van der Waals surface area contributed by atoms with Crippen LogP contribution in [0, 0.1) is 0 Å². The summed E-state index contributed by atoms with van der Waals surface area (Å²) in [5.74, 6) is 1.61. The second-order valence-corrected chi connectivity index (χ2v) is 12.9. The third-order valence-corrected chi connectivity index (χ3v) is 10.1. The molecule has 0 radical (unpaired) electrons. The molecular weight excluding hydrogens is 616 g/mol. The van der Waals surface area contributed by atoms with Crippen molar-refractivity contribution >= 4 is 45.4 Å². The molecule has 3 aliphatic heterocycles. The molecule has 0 bridgehead atoms. The first-order valence-electron chi connectivity index (χ1n) is 17.4. The molecule has 49 heavy (non-hydrogen) atoms. The van der Waals surface area contributed by atoms with E-state index in [9.17, 15) is 4.79 Å². The van der Waals surface area contributed by atoms with Crippen molar-refractivity contribution in [3.8, 4) is 5.75 Å². The van der Waals surface area contributed by atoms with Gasteiger partial charge in [-0.15, -0.1) is 0 Å². The van der Waals surface area contributed by atoms with Gasteiger partial charge in [-0.05, 0) is 53.9 Å². The normalized spacial score (nSPS) is 19.3. The molecule has 3 fully saturated rings. The minimum atomic E-state index is -0.267. The molecule has 1 atom stereocenters. The van der Waals surface area contributed by atoms with Crippen molar-refractivity contribution in [3.05, 3.63) is 85.2 Å². The number of amides is 1. The van der Waals surface area contributed by atoms with Gasteiger partial charge in [0.05, 0.1) is 36.8 Å². The standard InChI is InChI=1S/C38H46N8O3/c1-4-38(47)42-31-23-32(35(48-3)24-34(31)45-15-12-30(13-16-45)44-19-17-43(5-2)18-20-44)41-36-25-37(40-26-39-36)46-33(14-21-49-46)29-11-10-27-8-6-7-9-28(27)22-29/h4,6-11,22-26,30,33H,1,5,12-21H2,2-3H3,(H,42,47)(H,39,40,41). The molecule has 7 rings (SSSR count). The summed E-state index contributed by atoms with van der Waals surface area (Å²) in [6.45, 7) is 14.0. The van der Waals surface area contributed by atoms with E-state index >= 15 is 0 Å². The van der Waals surface area contributed by atoms with Crippen LogP contribution in [0.3, 0.4) is 0 Å². The largest absolute Gasteiger partial charge is 0.494 e. The highest BCUT2D eigenvalue weighted by Gasteiger charge is 2.31. The Morgan fingerprint density at radius 2 is 1.76 bits per heavy atom. The summed E-state index contributed by atoms with van der Waals surface area (Å²) < 4.78 is 5.90. The number of rotatable bonds is 10. The van der Waals surface area contributed by atoms with Gasteiger partial charge in [0, 0.05) is 63.9 Å². The molecule has 1 aromatic heterocycles. The van der Waals surface area contributed by atoms with Gasteiger partial charge in [0.25, 0.3) is 0 Å². The van der Waals surface area contributed by atoms with Gasteiger partial charge in [-0.1, -0.05) is 49.9 Å². The zero-order valence-corrected chi connectivity index (χ0v) is 28.5. The van der Waals surface area contributed by atoms with Gasteiger partial charge >= 0.3 is 0 Å². The summed E-state index contributed by atoms with van der Waals surface area (Å²) in [4.78, 5) is 35.3. The maximum absolute atomic E-state index is 12.6. The highest BCUT2D eigenvalue weighted by Crippen LogP contribution is 2.41. The molecule has 4 heterocycles. The van der Waals surface area contributed by atoms with Crippen molar-refractivity contribution in [2.24, 2.45) is 0 Å². The van der Waals surface area contributed by atoms with Crippen LogP contribution in [0.1, 0.15) is 37.8 Å². The van der Waals surface area contributed by atoms with Gasteiger partial charge in [0.15, 0.2) is 5.82 Å². The lowest BCUT2D eigenvalue weighted by molar-refractivity contribution is -0.111. The smallest absolute Gasteiger partial charge is 0.247 e. The zero-order chi connectivity index (χ0) is 33.7. The number of likely N-dealkylation sites (N-methyl/N-ethyl adjacent to an activating group) is 1. The summed E-state index contributed by atoms with van der Waals surface area (Å²) in [5, 5.41) is 10.7. The quantitative estimate of drug-likeness (QED) is 0.197. The topological polar surface area (TPSA) is 98.3 Å². The van der Waals surface area contributed by atoms with Crippen molar-refractivity contribution < 1.29 is 14.4 Å². The number of hydroxylamine groups is 1. The summed E-state index contributed by atoms with van der Waals surface area (Å²) in [6, 6.07) is 21.3. The molecule has 3 aliphatic rings. The van der Waals surface area contributed by atoms with Crippen LogP contribution in [0.5, 0.6) is 5.75 Å². The van der Waals surface area contributed by atoms with E-state index in [0.717, 1.165) is 70.8 Å². The molecule has 1 unspecified atom stereocenters. The van der Waals surface area contributed by atoms with E-state index in [2.05, 4.69) is 91.3 Å². The van der Waals surface area contributed by atoms with Crippen molar-refractivity contribution in [2.75, 3.05) is 80.1 Å².